The van der Waals surface area contributed by atoms with E-state index in [0.717, 1.165) is 0 Å². The fourth-order valence-corrected chi connectivity index (χ4v) is 38.5. The van der Waals surface area contributed by atoms with E-state index in [2.05, 4.69) is 98.0 Å². The zero-order chi connectivity index (χ0) is 28.3. The fourth-order valence-electron chi connectivity index (χ4n) is 6.15. The van der Waals surface area contributed by atoms with Crippen LogP contribution in [0.4, 0.5) is 0 Å². The van der Waals surface area contributed by atoms with E-state index in [1.54, 1.807) is 7.42 Å². The number of unbranched alkanes of at least 4 members (excludes halogenated alkanes) is 6. The zero-order valence-electron chi connectivity index (χ0n) is 26.6. The molecule has 2 rings (SSSR count). The van der Waals surface area contributed by atoms with Crippen LogP contribution in [-0.4, -0.2) is 66.7 Å². The van der Waals surface area contributed by atoms with Crippen molar-refractivity contribution in [1.82, 2.24) is 30.0 Å². The minimum absolute atomic E-state index is 1.32. The maximum absolute atomic E-state index is 4.23. The Bertz CT molecular complexity index is 723. The Morgan fingerprint density at radius 1 is 0.474 bits per heavy atom. The number of aromatic nitrogens is 6. The van der Waals surface area contributed by atoms with Crippen molar-refractivity contribution < 1.29 is 0 Å². The van der Waals surface area contributed by atoms with Gasteiger partial charge in [0.05, 0.1) is 0 Å². The molecule has 0 saturated carbocycles. The van der Waals surface area contributed by atoms with Gasteiger partial charge in [-0.25, -0.2) is 0 Å². The predicted molar refractivity (Wildman–Crippen MR) is 171 cm³/mol. The summed E-state index contributed by atoms with van der Waals surface area (Å²) in [5.41, 5.74) is 0. The topological polar surface area (TPSA) is 61.4 Å². The van der Waals surface area contributed by atoms with Gasteiger partial charge in [0.2, 0.25) is 0 Å². The molecule has 0 aliphatic carbocycles. The van der Waals surface area contributed by atoms with Gasteiger partial charge in [0.1, 0.15) is 0 Å². The molecule has 0 amide bonds. The van der Waals surface area contributed by atoms with Gasteiger partial charge in [-0.05, 0) is 0 Å². The summed E-state index contributed by atoms with van der Waals surface area (Å²) >= 11 is -4.51. The monoisotopic (exact) mass is 746 g/mol. The Morgan fingerprint density at radius 3 is 0.868 bits per heavy atom. The molecule has 0 saturated heterocycles. The summed E-state index contributed by atoms with van der Waals surface area (Å²) in [5, 5.41) is 16.8. The van der Waals surface area contributed by atoms with Crippen LogP contribution in [0, 0.1) is 0 Å². The van der Waals surface area contributed by atoms with Crippen LogP contribution < -0.4 is 7.42 Å². The quantitative estimate of drug-likeness (QED) is 0.130. The second kappa shape index (κ2) is 20.7. The van der Waals surface area contributed by atoms with Crippen LogP contribution in [0.5, 0.6) is 0 Å². The molecule has 0 spiro atoms. The average Bonchev–Trinajstić information content (AvgIpc) is 3.57. The molecule has 0 bridgehead atoms. The Balaban J connectivity index is 0.000000380. The Labute approximate surface area is 244 Å². The molecule has 2 aromatic heterocycles. The molecule has 220 valence electrons. The molecule has 2 heterocycles. The average molecular weight is 744 g/mol. The van der Waals surface area contributed by atoms with Crippen LogP contribution >= 0.6 is 0 Å². The molecular formula is C30H62N6Sn2. The van der Waals surface area contributed by atoms with Crippen LogP contribution in [0.25, 0.3) is 0 Å². The first kappa shape index (κ1) is 35.9. The van der Waals surface area contributed by atoms with E-state index in [1.165, 1.54) is 104 Å². The second-order valence-electron chi connectivity index (χ2n) is 11.7. The van der Waals surface area contributed by atoms with E-state index in [1.807, 2.05) is 0 Å². The summed E-state index contributed by atoms with van der Waals surface area (Å²) in [6.45, 7) is 13.9. The molecule has 0 aliphatic heterocycles. The third-order valence-electron chi connectivity index (χ3n) is 8.57. The summed E-state index contributed by atoms with van der Waals surface area (Å²) < 4.78 is 16.3. The van der Waals surface area contributed by atoms with E-state index in [4.69, 9.17) is 0 Å². The van der Waals surface area contributed by atoms with Gasteiger partial charge < -0.3 is 0 Å². The minimum atomic E-state index is -2.26. The van der Waals surface area contributed by atoms with Crippen LogP contribution in [-0.2, 0) is 14.1 Å². The number of rotatable bonds is 20. The summed E-state index contributed by atoms with van der Waals surface area (Å²) in [4.78, 5) is 0. The Kier molecular flexibility index (Phi) is 19.6. The van der Waals surface area contributed by atoms with E-state index < -0.39 is 36.8 Å². The van der Waals surface area contributed by atoms with Gasteiger partial charge >= 0.3 is 246 Å². The third kappa shape index (κ3) is 11.4. The van der Waals surface area contributed by atoms with Gasteiger partial charge in [-0.3, -0.25) is 0 Å². The van der Waals surface area contributed by atoms with Crippen LogP contribution in [0.2, 0.25) is 26.6 Å². The maximum atomic E-state index is 4.23. The molecule has 0 atom stereocenters. The van der Waals surface area contributed by atoms with E-state index in [9.17, 15) is 0 Å². The summed E-state index contributed by atoms with van der Waals surface area (Å²) in [6, 6.07) is 0. The van der Waals surface area contributed by atoms with Crippen molar-refractivity contribution >= 4 is 44.2 Å². The number of hydrogen-bond acceptors (Lipinski definition) is 4. The zero-order valence-corrected chi connectivity index (χ0v) is 32.3. The van der Waals surface area contributed by atoms with Crippen molar-refractivity contribution in [1.29, 1.82) is 0 Å². The van der Waals surface area contributed by atoms with Gasteiger partial charge in [-0.2, -0.15) is 0 Å². The van der Waals surface area contributed by atoms with Crippen LogP contribution in [0.15, 0.2) is 12.4 Å². The molecule has 0 aromatic carbocycles. The van der Waals surface area contributed by atoms with E-state index in [-0.39, 0.29) is 0 Å². The molecule has 0 unspecified atom stereocenters. The van der Waals surface area contributed by atoms with Gasteiger partial charge in [0.15, 0.2) is 0 Å². The molecule has 6 nitrogen and oxygen atoms in total. The van der Waals surface area contributed by atoms with Crippen LogP contribution in [0.3, 0.4) is 0 Å². The van der Waals surface area contributed by atoms with Crippen molar-refractivity contribution in [2.24, 2.45) is 14.1 Å². The number of nitrogens with zero attached hydrogens (tertiary/aromatic N) is 6. The van der Waals surface area contributed by atoms with Crippen LogP contribution in [0.1, 0.15) is 119 Å². The molecule has 0 fully saturated rings. The molecule has 0 radical (unpaired) electrons. The van der Waals surface area contributed by atoms with Crippen molar-refractivity contribution in [3.05, 3.63) is 12.4 Å². The molecule has 0 N–H and O–H groups in total. The number of aryl methyl sites for hydroxylation is 2. The summed E-state index contributed by atoms with van der Waals surface area (Å²) in [5.74, 6) is 0. The van der Waals surface area contributed by atoms with Crippen molar-refractivity contribution in [3.8, 4) is 0 Å². The Morgan fingerprint density at radius 2 is 0.711 bits per heavy atom. The summed E-state index contributed by atoms with van der Waals surface area (Å²) in [7, 11) is 4.19. The normalized spacial score (nSPS) is 12.0. The second-order valence-corrected chi connectivity index (χ2v) is 37.8. The Hall–Kier alpha value is -0.123. The van der Waals surface area contributed by atoms with Crippen molar-refractivity contribution in [2.45, 2.75) is 145 Å². The van der Waals surface area contributed by atoms with Crippen molar-refractivity contribution in [3.63, 3.8) is 0 Å². The van der Waals surface area contributed by atoms with E-state index in [0.29, 0.717) is 0 Å². The molecule has 0 aliphatic rings. The van der Waals surface area contributed by atoms with Crippen molar-refractivity contribution in [2.75, 3.05) is 0 Å². The number of hydrogen-bond donors (Lipinski definition) is 0. The molecular weight excluding hydrogens is 682 g/mol. The summed E-state index contributed by atoms with van der Waals surface area (Å²) in [6.07, 6.45) is 20.5. The first-order valence-electron chi connectivity index (χ1n) is 16.1. The van der Waals surface area contributed by atoms with Gasteiger partial charge in [-0.1, -0.05) is 0 Å². The van der Waals surface area contributed by atoms with Gasteiger partial charge in [-0.15, -0.1) is 0 Å². The SMILES string of the molecule is CCC[CH2][Sn]([CH2]CCC)([CH2]CCC)[c]1cnnn1C.CCC[CH2][Sn]([CH2]CCC)([CH2]CCC)[c]1cnnn1C. The van der Waals surface area contributed by atoms with E-state index >= 15 is 0 Å². The third-order valence-corrected chi connectivity index (χ3v) is 39.8. The molecule has 8 heteroatoms. The van der Waals surface area contributed by atoms with Gasteiger partial charge in [0, 0.05) is 0 Å². The van der Waals surface area contributed by atoms with Gasteiger partial charge in [0.25, 0.3) is 0 Å². The predicted octanol–water partition coefficient (Wildman–Crippen LogP) is 7.74. The molecule has 38 heavy (non-hydrogen) atoms. The first-order valence-corrected chi connectivity index (χ1v) is 31.1. The molecule has 2 aromatic rings. The standard InChI is InChI=1S/6C4H9.2C3H4N3.2Sn/c6*1-3-4-2;2*1-6-3-2-4-5-6;;/h6*1,3-4H2,2H3;2*2H,1H3;;. The first-order chi connectivity index (χ1) is 18.4. The fraction of sp³-hybridized carbons (Fsp3) is 0.867.